The number of rotatable bonds is 0. The fourth-order valence-corrected chi connectivity index (χ4v) is 0.711. The molecular formula is C9H8N2. The molecule has 1 aliphatic rings. The summed E-state index contributed by atoms with van der Waals surface area (Å²) in [7, 11) is 0. The van der Waals surface area contributed by atoms with E-state index < -0.39 is 0 Å². The largest absolute Gasteiger partial charge is 0.399 e. The van der Waals surface area contributed by atoms with Gasteiger partial charge >= 0.3 is 0 Å². The van der Waals surface area contributed by atoms with E-state index in [1.165, 1.54) is 0 Å². The Hall–Kier alpha value is -1.75. The molecule has 0 spiro atoms. The third kappa shape index (κ3) is 2.15. The van der Waals surface area contributed by atoms with E-state index in [2.05, 4.69) is 0 Å². The number of nitrogens with zero attached hydrogens (tertiary/aromatic N) is 1. The van der Waals surface area contributed by atoms with Gasteiger partial charge in [-0.3, -0.25) is 0 Å². The van der Waals surface area contributed by atoms with Crippen LogP contribution >= 0.6 is 0 Å². The average Bonchev–Trinajstić information content (AvgIpc) is 1.96. The third-order valence-corrected chi connectivity index (χ3v) is 1.26. The summed E-state index contributed by atoms with van der Waals surface area (Å²) < 4.78 is 0. The van der Waals surface area contributed by atoms with Gasteiger partial charge in [-0.1, -0.05) is 12.2 Å². The van der Waals surface area contributed by atoms with Gasteiger partial charge in [-0.25, -0.2) is 0 Å². The highest BCUT2D eigenvalue weighted by molar-refractivity contribution is 5.41. The first-order valence-electron chi connectivity index (χ1n) is 3.25. The predicted molar refractivity (Wildman–Crippen MR) is 44.2 cm³/mol. The lowest BCUT2D eigenvalue weighted by molar-refractivity contribution is 1.41. The van der Waals surface area contributed by atoms with Crippen molar-refractivity contribution in [1.82, 2.24) is 0 Å². The normalized spacial score (nSPS) is 31.2. The summed E-state index contributed by atoms with van der Waals surface area (Å²) in [6.45, 7) is 0. The molecule has 2 nitrogen and oxygen atoms in total. The minimum atomic E-state index is 0.630. The van der Waals surface area contributed by atoms with Gasteiger partial charge in [-0.15, -0.1) is 0 Å². The summed E-state index contributed by atoms with van der Waals surface area (Å²) in [6.07, 6.45) is 10.5. The molecule has 2 N–H and O–H groups in total. The predicted octanol–water partition coefficient (Wildman–Crippen LogP) is 1.40. The third-order valence-electron chi connectivity index (χ3n) is 1.26. The number of nitrogens with two attached hydrogens (primary N) is 1. The monoisotopic (exact) mass is 144 g/mol. The number of hydrogen-bond acceptors (Lipinski definition) is 2. The molecule has 0 bridgehead atoms. The molecule has 54 valence electrons. The van der Waals surface area contributed by atoms with Gasteiger partial charge in [-0.2, -0.15) is 5.26 Å². The van der Waals surface area contributed by atoms with Crippen LogP contribution in [0.3, 0.4) is 0 Å². The second-order valence-corrected chi connectivity index (χ2v) is 2.12. The lowest BCUT2D eigenvalue weighted by Crippen LogP contribution is -1.91. The Kier molecular flexibility index (Phi) is 2.29. The zero-order chi connectivity index (χ0) is 8.10. The van der Waals surface area contributed by atoms with Crippen molar-refractivity contribution in [3.8, 4) is 6.07 Å². The van der Waals surface area contributed by atoms with Crippen molar-refractivity contribution in [2.24, 2.45) is 5.73 Å². The van der Waals surface area contributed by atoms with E-state index in [1.807, 2.05) is 6.07 Å². The van der Waals surface area contributed by atoms with Crippen molar-refractivity contribution in [2.45, 2.75) is 0 Å². The van der Waals surface area contributed by atoms with Gasteiger partial charge in [0.15, 0.2) is 0 Å². The minimum Gasteiger partial charge on any atom is -0.399 e. The Balaban J connectivity index is 2.90. The second kappa shape index (κ2) is 3.43. The SMILES string of the molecule is N#CC1=C/C=C\C(N)=C/C=C\1. The van der Waals surface area contributed by atoms with Crippen molar-refractivity contribution in [1.29, 1.82) is 5.26 Å². The van der Waals surface area contributed by atoms with Crippen LogP contribution in [0.25, 0.3) is 0 Å². The molecule has 0 aliphatic heterocycles. The molecule has 0 aromatic heterocycles. The fourth-order valence-electron chi connectivity index (χ4n) is 0.711. The van der Waals surface area contributed by atoms with Gasteiger partial charge < -0.3 is 5.73 Å². The van der Waals surface area contributed by atoms with Crippen LogP contribution < -0.4 is 5.73 Å². The van der Waals surface area contributed by atoms with E-state index in [0.29, 0.717) is 11.3 Å². The molecule has 0 radical (unpaired) electrons. The molecule has 0 unspecified atom stereocenters. The highest BCUT2D eigenvalue weighted by atomic mass is 14.5. The van der Waals surface area contributed by atoms with E-state index in [-0.39, 0.29) is 0 Å². The first-order chi connectivity index (χ1) is 5.33. The van der Waals surface area contributed by atoms with E-state index >= 15 is 0 Å². The van der Waals surface area contributed by atoms with Gasteiger partial charge in [0.2, 0.25) is 0 Å². The lowest BCUT2D eigenvalue weighted by atomic mass is 10.2. The molecule has 0 saturated heterocycles. The molecule has 1 rings (SSSR count). The van der Waals surface area contributed by atoms with Crippen LogP contribution in [-0.2, 0) is 0 Å². The van der Waals surface area contributed by atoms with Crippen molar-refractivity contribution in [3.63, 3.8) is 0 Å². The molecule has 0 aromatic rings. The van der Waals surface area contributed by atoms with Crippen LogP contribution in [-0.4, -0.2) is 0 Å². The van der Waals surface area contributed by atoms with Crippen molar-refractivity contribution < 1.29 is 0 Å². The van der Waals surface area contributed by atoms with E-state index in [1.54, 1.807) is 36.5 Å². The molecule has 0 amide bonds. The molecule has 0 atom stereocenters. The van der Waals surface area contributed by atoms with Crippen molar-refractivity contribution in [2.75, 3.05) is 0 Å². The summed E-state index contributed by atoms with van der Waals surface area (Å²) in [5, 5.41) is 8.52. The van der Waals surface area contributed by atoms with Crippen LogP contribution in [0.4, 0.5) is 0 Å². The average molecular weight is 144 g/mol. The molecule has 1 aliphatic carbocycles. The van der Waals surface area contributed by atoms with E-state index in [0.717, 1.165) is 0 Å². The van der Waals surface area contributed by atoms with Gasteiger partial charge in [0.1, 0.15) is 0 Å². The van der Waals surface area contributed by atoms with Crippen LogP contribution in [0.5, 0.6) is 0 Å². The zero-order valence-electron chi connectivity index (χ0n) is 5.99. The summed E-state index contributed by atoms with van der Waals surface area (Å²) in [5.41, 5.74) is 6.82. The molecule has 0 fully saturated rings. The maximum atomic E-state index is 8.52. The van der Waals surface area contributed by atoms with E-state index in [4.69, 9.17) is 11.0 Å². The topological polar surface area (TPSA) is 49.8 Å². The first kappa shape index (κ1) is 7.36. The summed E-state index contributed by atoms with van der Waals surface area (Å²) in [4.78, 5) is 0. The molecule has 2 heteroatoms. The van der Waals surface area contributed by atoms with Crippen molar-refractivity contribution >= 4 is 0 Å². The maximum Gasteiger partial charge on any atom is 0.0991 e. The van der Waals surface area contributed by atoms with Crippen LogP contribution in [0.1, 0.15) is 0 Å². The fraction of sp³-hybridized carbons (Fsp3) is 0. The summed E-state index contributed by atoms with van der Waals surface area (Å²) in [5.74, 6) is 0. The molecular weight excluding hydrogens is 136 g/mol. The number of nitriles is 1. The standard InChI is InChI=1S/C9H8N2/c10-7-8-3-1-5-9(11)6-2-4-8/h1-6H,11H2/b3-1-,4-2?,5-1?,6-2-,8-3?,8-4+,9-5+,9-6?. The minimum absolute atomic E-state index is 0.630. The van der Waals surface area contributed by atoms with Gasteiger partial charge in [-0.05, 0) is 24.3 Å². The maximum absolute atomic E-state index is 8.52. The van der Waals surface area contributed by atoms with Gasteiger partial charge in [0.25, 0.3) is 0 Å². The highest BCUT2D eigenvalue weighted by Crippen LogP contribution is 2.01. The molecule has 0 heterocycles. The number of hydrogen-bond donors (Lipinski definition) is 1. The van der Waals surface area contributed by atoms with Crippen LogP contribution in [0, 0.1) is 11.3 Å². The summed E-state index contributed by atoms with van der Waals surface area (Å²) >= 11 is 0. The Bertz CT molecular complexity index is 298. The van der Waals surface area contributed by atoms with Gasteiger partial charge in [0, 0.05) is 5.70 Å². The highest BCUT2D eigenvalue weighted by Gasteiger charge is 1.87. The molecule has 11 heavy (non-hydrogen) atoms. The van der Waals surface area contributed by atoms with Crippen molar-refractivity contribution in [3.05, 3.63) is 47.7 Å². The van der Waals surface area contributed by atoms with Crippen LogP contribution in [0.15, 0.2) is 47.7 Å². The number of allylic oxidation sites excluding steroid dienone is 7. The quantitative estimate of drug-likeness (QED) is 0.558. The van der Waals surface area contributed by atoms with Crippen LogP contribution in [0.2, 0.25) is 0 Å². The second-order valence-electron chi connectivity index (χ2n) is 2.12. The lowest BCUT2D eigenvalue weighted by Gasteiger charge is -1.91. The Morgan fingerprint density at radius 1 is 1.18 bits per heavy atom. The first-order valence-corrected chi connectivity index (χ1v) is 3.25. The summed E-state index contributed by atoms with van der Waals surface area (Å²) in [6, 6.07) is 2.04. The Morgan fingerprint density at radius 2 is 1.91 bits per heavy atom. The molecule has 0 saturated carbocycles. The smallest absolute Gasteiger partial charge is 0.0991 e. The van der Waals surface area contributed by atoms with E-state index in [9.17, 15) is 0 Å². The van der Waals surface area contributed by atoms with Gasteiger partial charge in [0.05, 0.1) is 11.6 Å². The zero-order valence-corrected chi connectivity index (χ0v) is 5.99. The Labute approximate surface area is 65.6 Å². The molecule has 0 aromatic carbocycles. The Morgan fingerprint density at radius 3 is 2.64 bits per heavy atom.